The van der Waals surface area contributed by atoms with Gasteiger partial charge in [0.1, 0.15) is 0 Å². The molecule has 0 aliphatic heterocycles. The van der Waals surface area contributed by atoms with Crippen molar-refractivity contribution in [2.75, 3.05) is 0 Å². The molecule has 6 heteroatoms. The Morgan fingerprint density at radius 2 is 1.14 bits per heavy atom. The Balaban J connectivity index is -0.0000000800. The van der Waals surface area contributed by atoms with Crippen LogP contribution < -0.4 is 0 Å². The molecule has 0 aromatic rings. The van der Waals surface area contributed by atoms with Crippen LogP contribution in [0, 0.1) is 0 Å². The Hall–Kier alpha value is 0.792. The van der Waals surface area contributed by atoms with Gasteiger partial charge in [-0.2, -0.15) is 0 Å². The van der Waals surface area contributed by atoms with Crippen molar-refractivity contribution in [3.05, 3.63) is 0 Å². The Labute approximate surface area is 62.7 Å². The molecule has 0 spiro atoms. The van der Waals surface area contributed by atoms with Crippen molar-refractivity contribution in [2.45, 2.75) is 7.43 Å². The van der Waals surface area contributed by atoms with Gasteiger partial charge in [0.2, 0.25) is 0 Å². The van der Waals surface area contributed by atoms with Gasteiger partial charge in [0, 0.05) is 10.4 Å². The molecule has 0 saturated carbocycles. The summed E-state index contributed by atoms with van der Waals surface area (Å²) in [4.78, 5) is 0. The molecule has 0 aliphatic rings. The summed E-state index contributed by atoms with van der Waals surface area (Å²) < 4.78 is 34.1. The van der Waals surface area contributed by atoms with Crippen molar-refractivity contribution in [2.24, 2.45) is 0 Å². The normalized spacial score (nSPS) is 8.29. The fourth-order valence-electron chi connectivity index (χ4n) is 0. The Bertz CT molecular complexity index is 94.9. The van der Waals surface area contributed by atoms with E-state index >= 15 is 0 Å². The zero-order valence-electron chi connectivity index (χ0n) is 2.54. The minimum absolute atomic E-state index is 0. The van der Waals surface area contributed by atoms with Crippen molar-refractivity contribution in [3.63, 3.8) is 0 Å². The van der Waals surface area contributed by atoms with Crippen molar-refractivity contribution < 1.29 is 17.5 Å². The summed E-state index contributed by atoms with van der Waals surface area (Å²) >= 11 is 0. The van der Waals surface area contributed by atoms with Crippen LogP contribution in [0.2, 0.25) is 0 Å². The summed E-state index contributed by atoms with van der Waals surface area (Å²) in [7, 11) is -5.17. The van der Waals surface area contributed by atoms with Crippen molar-refractivity contribution in [1.82, 2.24) is 0 Å². The molecule has 7 heavy (non-hydrogen) atoms. The third-order valence-corrected chi connectivity index (χ3v) is 0. The first kappa shape index (κ1) is 15.7. The van der Waals surface area contributed by atoms with Gasteiger partial charge in [-0.1, -0.05) is 7.43 Å². The van der Waals surface area contributed by atoms with E-state index in [2.05, 4.69) is 0 Å². The van der Waals surface area contributed by atoms with Crippen molar-refractivity contribution in [3.8, 4) is 0 Å². The van der Waals surface area contributed by atoms with Gasteiger partial charge in [-0.05, 0) is 0 Å². The smallest absolute Gasteiger partial charge is 0.759 e. The second-order valence-corrected chi connectivity index (χ2v) is 1.22. The summed E-state index contributed by atoms with van der Waals surface area (Å²) in [5, 5.41) is 0. The Morgan fingerprint density at radius 3 is 1.14 bits per heavy atom. The Kier molecular flexibility index (Phi) is 11.0. The fraction of sp³-hybridized carbons (Fsp3) is 1.00. The minimum atomic E-state index is -5.17. The molecule has 2 radical (unpaired) electrons. The molecule has 0 saturated heterocycles. The van der Waals surface area contributed by atoms with Gasteiger partial charge in [-0.25, -0.2) is 0 Å². The zero-order chi connectivity index (χ0) is 4.50. The molecule has 0 amide bonds. The monoisotopic (exact) mass is 320 g/mol. The molecule has 4 nitrogen and oxygen atoms in total. The first-order valence-electron chi connectivity index (χ1n) is 0.667. The topological polar surface area (TPSA) is 80.3 Å². The first-order valence-corrected chi connectivity index (χ1v) is 2.00. The van der Waals surface area contributed by atoms with Gasteiger partial charge in [-0.3, -0.25) is 8.42 Å². The van der Waals surface area contributed by atoms with Crippen LogP contribution in [0.15, 0.2) is 0 Å². The van der Waals surface area contributed by atoms with Gasteiger partial charge in [0.05, 0.1) is 0 Å². The summed E-state index contributed by atoms with van der Waals surface area (Å²) in [6.45, 7) is 0. The average molecular weight is 319 g/mol. The number of rotatable bonds is 0. The molecule has 0 aliphatic carbocycles. The van der Waals surface area contributed by atoms with E-state index in [1.807, 2.05) is 0 Å². The molecule has 0 fully saturated rings. The molecular weight excluding hydrogens is 315 g/mol. The molecule has 42 valence electrons. The maximum atomic E-state index is 8.52. The van der Waals surface area contributed by atoms with Crippen LogP contribution in [-0.4, -0.2) is 44.8 Å². The van der Waals surface area contributed by atoms with Crippen LogP contribution in [-0.2, 0) is 10.4 Å². The second kappa shape index (κ2) is 4.94. The molecule has 0 aromatic carbocycles. The van der Waals surface area contributed by atoms with Crippen molar-refractivity contribution >= 4 is 37.7 Å². The minimum Gasteiger partial charge on any atom is -0.759 e. The van der Waals surface area contributed by atoms with E-state index in [9.17, 15) is 0 Å². The van der Waals surface area contributed by atoms with Crippen molar-refractivity contribution in [1.29, 1.82) is 0 Å². The molecule has 0 unspecified atom stereocenters. The van der Waals surface area contributed by atoms with Gasteiger partial charge < -0.3 is 9.11 Å². The standard InChI is InChI=1S/CH4.H2O4S.Pb/c;1-5(2,3)4;/h1H4;(H2,1,2,3,4);/q;;+2/p-2. The van der Waals surface area contributed by atoms with E-state index in [1.165, 1.54) is 0 Å². The maximum absolute atomic E-state index is 8.52. The zero-order valence-corrected chi connectivity index (χ0v) is 7.25. The number of hydrogen-bond donors (Lipinski definition) is 0. The Morgan fingerprint density at radius 1 is 1.14 bits per heavy atom. The molecule has 0 bridgehead atoms. The van der Waals surface area contributed by atoms with Gasteiger partial charge in [0.15, 0.2) is 0 Å². The average Bonchev–Trinajstić information content (AvgIpc) is 0.722. The second-order valence-electron chi connectivity index (χ2n) is 0.408. The maximum Gasteiger partial charge on any atom is 2.00 e. The van der Waals surface area contributed by atoms with E-state index < -0.39 is 10.4 Å². The molecule has 0 aromatic heterocycles. The van der Waals surface area contributed by atoms with Gasteiger partial charge in [0.25, 0.3) is 0 Å². The van der Waals surface area contributed by atoms with Crippen LogP contribution in [0.25, 0.3) is 0 Å². The predicted molar refractivity (Wildman–Crippen MR) is 23.0 cm³/mol. The third kappa shape index (κ3) is 249. The predicted octanol–water partition coefficient (Wildman–Crippen LogP) is -1.08. The van der Waals surface area contributed by atoms with E-state index in [-0.39, 0.29) is 34.7 Å². The van der Waals surface area contributed by atoms with Crippen LogP contribution >= 0.6 is 0 Å². The van der Waals surface area contributed by atoms with Crippen LogP contribution in [0.1, 0.15) is 7.43 Å². The van der Waals surface area contributed by atoms with Crippen LogP contribution in [0.4, 0.5) is 0 Å². The number of hydrogen-bond acceptors (Lipinski definition) is 4. The quantitative estimate of drug-likeness (QED) is 0.323. The fourth-order valence-corrected chi connectivity index (χ4v) is 0. The molecule has 0 atom stereocenters. The van der Waals surface area contributed by atoms with Crippen LogP contribution in [0.5, 0.6) is 0 Å². The molecule has 0 N–H and O–H groups in total. The van der Waals surface area contributed by atoms with Crippen LogP contribution in [0.3, 0.4) is 0 Å². The van der Waals surface area contributed by atoms with E-state index in [1.54, 1.807) is 0 Å². The molecule has 0 heterocycles. The molecule has 0 rings (SSSR count). The summed E-state index contributed by atoms with van der Waals surface area (Å²) in [5.74, 6) is 0. The van der Waals surface area contributed by atoms with E-state index in [4.69, 9.17) is 17.5 Å². The van der Waals surface area contributed by atoms with E-state index in [0.29, 0.717) is 0 Å². The SMILES string of the molecule is C.O=S(=O)([O-])[O-].[Pb+2]. The van der Waals surface area contributed by atoms with Gasteiger partial charge in [-0.15, -0.1) is 0 Å². The summed E-state index contributed by atoms with van der Waals surface area (Å²) in [5.41, 5.74) is 0. The first-order chi connectivity index (χ1) is 2.00. The third-order valence-electron chi connectivity index (χ3n) is 0. The van der Waals surface area contributed by atoms with E-state index in [0.717, 1.165) is 0 Å². The molecular formula is CH4O4PbS. The summed E-state index contributed by atoms with van der Waals surface area (Å²) in [6.07, 6.45) is 0. The largest absolute Gasteiger partial charge is 2.00 e. The summed E-state index contributed by atoms with van der Waals surface area (Å²) in [6, 6.07) is 0. The van der Waals surface area contributed by atoms with Gasteiger partial charge >= 0.3 is 27.3 Å².